The fourth-order valence-corrected chi connectivity index (χ4v) is 4.27. The van der Waals surface area contributed by atoms with Crippen molar-refractivity contribution in [3.05, 3.63) is 99.6 Å². The molecule has 190 valence electrons. The van der Waals surface area contributed by atoms with Crippen LogP contribution in [0.3, 0.4) is 0 Å². The van der Waals surface area contributed by atoms with Crippen molar-refractivity contribution >= 4 is 9.84 Å². The van der Waals surface area contributed by atoms with E-state index < -0.39 is 50.9 Å². The molecule has 2 aromatic carbocycles. The van der Waals surface area contributed by atoms with Gasteiger partial charge in [-0.2, -0.15) is 23.5 Å². The molecule has 13 heteroatoms. The fourth-order valence-electron chi connectivity index (χ4n) is 3.64. The number of hydrogen-bond acceptors (Lipinski definition) is 5. The Morgan fingerprint density at radius 2 is 1.73 bits per heavy atom. The zero-order chi connectivity index (χ0) is 27.1. The van der Waals surface area contributed by atoms with E-state index in [1.807, 2.05) is 0 Å². The van der Waals surface area contributed by atoms with Crippen LogP contribution < -0.4 is 5.56 Å². The number of nitrogens with zero attached hydrogens (tertiary/aromatic N) is 4. The first-order valence-corrected chi connectivity index (χ1v) is 12.2. The highest BCUT2D eigenvalue weighted by molar-refractivity contribution is 7.90. The van der Waals surface area contributed by atoms with Crippen molar-refractivity contribution in [2.75, 3.05) is 6.26 Å². The third-order valence-electron chi connectivity index (χ3n) is 5.47. The Hall–Kier alpha value is -4.31. The minimum atomic E-state index is -5.04. The van der Waals surface area contributed by atoms with Gasteiger partial charge in [-0.1, -0.05) is 6.07 Å². The number of benzene rings is 2. The zero-order valence-corrected chi connectivity index (χ0v) is 19.6. The van der Waals surface area contributed by atoms with Crippen LogP contribution in [0.2, 0.25) is 0 Å². The summed E-state index contributed by atoms with van der Waals surface area (Å²) in [7, 11) is -3.47. The first-order valence-electron chi connectivity index (χ1n) is 10.3. The molecule has 4 rings (SSSR count). The zero-order valence-electron chi connectivity index (χ0n) is 18.8. The van der Waals surface area contributed by atoms with E-state index in [-0.39, 0.29) is 21.7 Å². The SMILES string of the molecule is CS(=O)(=O)c1ccc(-n2cc(-c3cc(C(F)(F)F)c(C#N)c(=O)n3Cc3ccc(F)cc3F)cn2)cc1. The lowest BCUT2D eigenvalue weighted by Gasteiger charge is -2.17. The van der Waals surface area contributed by atoms with Gasteiger partial charge in [0, 0.05) is 29.6 Å². The molecule has 0 saturated heterocycles. The van der Waals surface area contributed by atoms with Crippen LogP contribution in [0.5, 0.6) is 0 Å². The topological polar surface area (TPSA) is 97.8 Å². The number of alkyl halides is 3. The normalized spacial score (nSPS) is 11.9. The standard InChI is InChI=1S/C24H15F5N4O3S/c1-37(35,36)18-6-4-17(5-7-18)33-13-15(11-31-33)22-9-20(24(27,28)29)19(10-30)23(34)32(22)12-14-2-3-16(25)8-21(14)26/h2-9,11,13H,12H2,1H3. The molecule has 0 radical (unpaired) electrons. The summed E-state index contributed by atoms with van der Waals surface area (Å²) in [6.45, 7) is -0.596. The largest absolute Gasteiger partial charge is 0.417 e. The number of rotatable bonds is 5. The average Bonchev–Trinajstić information content (AvgIpc) is 3.30. The first-order chi connectivity index (χ1) is 17.3. The molecule has 4 aromatic rings. The molecule has 0 aliphatic heterocycles. The van der Waals surface area contributed by atoms with Crippen molar-refractivity contribution in [3.63, 3.8) is 0 Å². The summed E-state index contributed by atoms with van der Waals surface area (Å²) in [5, 5.41) is 13.4. The number of pyridine rings is 1. The second kappa shape index (κ2) is 9.29. The van der Waals surface area contributed by atoms with Crippen LogP contribution in [0.15, 0.2) is 70.6 Å². The second-order valence-corrected chi connectivity index (χ2v) is 10.0. The Kier molecular flexibility index (Phi) is 6.47. The van der Waals surface area contributed by atoms with Gasteiger partial charge in [-0.25, -0.2) is 21.9 Å². The number of aromatic nitrogens is 3. The molecular formula is C24H15F5N4O3S. The summed E-state index contributed by atoms with van der Waals surface area (Å²) in [6.07, 6.45) is -1.58. The number of sulfone groups is 1. The van der Waals surface area contributed by atoms with E-state index in [4.69, 9.17) is 0 Å². The van der Waals surface area contributed by atoms with Crippen molar-refractivity contribution < 1.29 is 30.4 Å². The van der Waals surface area contributed by atoms with Crippen molar-refractivity contribution in [1.29, 1.82) is 5.26 Å². The van der Waals surface area contributed by atoms with Crippen LogP contribution in [0.4, 0.5) is 22.0 Å². The van der Waals surface area contributed by atoms with Crippen LogP contribution in [0.25, 0.3) is 16.9 Å². The maximum atomic E-state index is 14.3. The lowest BCUT2D eigenvalue weighted by Crippen LogP contribution is -2.29. The Morgan fingerprint density at radius 1 is 1.05 bits per heavy atom. The van der Waals surface area contributed by atoms with Gasteiger partial charge in [-0.3, -0.25) is 4.79 Å². The molecule has 37 heavy (non-hydrogen) atoms. The molecule has 0 unspecified atom stereocenters. The molecule has 7 nitrogen and oxygen atoms in total. The molecule has 0 fully saturated rings. The Bertz CT molecular complexity index is 1720. The molecule has 0 aliphatic carbocycles. The van der Waals surface area contributed by atoms with Crippen LogP contribution in [-0.2, 0) is 22.6 Å². The van der Waals surface area contributed by atoms with Gasteiger partial charge in [-0.05, 0) is 36.4 Å². The van der Waals surface area contributed by atoms with E-state index in [0.29, 0.717) is 17.8 Å². The van der Waals surface area contributed by atoms with Gasteiger partial charge in [-0.15, -0.1) is 0 Å². The average molecular weight is 534 g/mol. The molecule has 2 heterocycles. The van der Waals surface area contributed by atoms with Crippen LogP contribution in [0, 0.1) is 23.0 Å². The number of halogens is 5. The van der Waals surface area contributed by atoms with Gasteiger partial charge >= 0.3 is 6.18 Å². The first kappa shape index (κ1) is 25.8. The third kappa shape index (κ3) is 5.14. The maximum Gasteiger partial charge on any atom is 0.417 e. The Balaban J connectivity index is 1.89. The molecule has 0 aliphatic rings. The van der Waals surface area contributed by atoms with Crippen LogP contribution in [-0.4, -0.2) is 29.0 Å². The summed E-state index contributed by atoms with van der Waals surface area (Å²) in [5.41, 5.74) is -4.11. The van der Waals surface area contributed by atoms with Gasteiger partial charge in [0.1, 0.15) is 23.3 Å². The number of nitriles is 1. The number of hydrogen-bond donors (Lipinski definition) is 0. The summed E-state index contributed by atoms with van der Waals surface area (Å²) in [6, 6.07) is 9.89. The Labute approximate surface area is 206 Å². The highest BCUT2D eigenvalue weighted by Gasteiger charge is 2.36. The third-order valence-corrected chi connectivity index (χ3v) is 6.60. The van der Waals surface area contributed by atoms with Gasteiger partial charge in [0.2, 0.25) is 0 Å². The summed E-state index contributed by atoms with van der Waals surface area (Å²) in [5.74, 6) is -1.92. The molecule has 0 N–H and O–H groups in total. The van der Waals surface area contributed by atoms with Crippen LogP contribution >= 0.6 is 0 Å². The van der Waals surface area contributed by atoms with E-state index in [9.17, 15) is 40.4 Å². The Morgan fingerprint density at radius 3 is 2.30 bits per heavy atom. The van der Waals surface area contributed by atoms with Gasteiger partial charge in [0.15, 0.2) is 9.84 Å². The fraction of sp³-hybridized carbons (Fsp3) is 0.125. The predicted octanol–water partition coefficient (Wildman–Crippen LogP) is 4.32. The van der Waals surface area contributed by atoms with Crippen molar-refractivity contribution in [2.45, 2.75) is 17.6 Å². The highest BCUT2D eigenvalue weighted by atomic mass is 32.2. The lowest BCUT2D eigenvalue weighted by atomic mass is 10.1. The van der Waals surface area contributed by atoms with Gasteiger partial charge < -0.3 is 4.57 Å². The van der Waals surface area contributed by atoms with Crippen molar-refractivity contribution in [2.24, 2.45) is 0 Å². The minimum absolute atomic E-state index is 0.0156. The molecule has 0 atom stereocenters. The van der Waals surface area contributed by atoms with E-state index in [2.05, 4.69) is 5.10 Å². The van der Waals surface area contributed by atoms with Crippen molar-refractivity contribution in [1.82, 2.24) is 14.3 Å². The molecule has 2 aromatic heterocycles. The highest BCUT2D eigenvalue weighted by Crippen LogP contribution is 2.34. The molecular weight excluding hydrogens is 519 g/mol. The molecule has 0 amide bonds. The predicted molar refractivity (Wildman–Crippen MR) is 122 cm³/mol. The monoisotopic (exact) mass is 534 g/mol. The molecule has 0 bridgehead atoms. The maximum absolute atomic E-state index is 14.3. The van der Waals surface area contributed by atoms with Crippen LogP contribution in [0.1, 0.15) is 16.7 Å². The van der Waals surface area contributed by atoms with Gasteiger partial charge in [0.05, 0.1) is 34.6 Å². The van der Waals surface area contributed by atoms with E-state index in [1.54, 1.807) is 0 Å². The summed E-state index contributed by atoms with van der Waals surface area (Å²) < 4.78 is 94.2. The summed E-state index contributed by atoms with van der Waals surface area (Å²) in [4.78, 5) is 13.1. The molecule has 0 saturated carbocycles. The van der Waals surface area contributed by atoms with E-state index >= 15 is 0 Å². The summed E-state index contributed by atoms with van der Waals surface area (Å²) >= 11 is 0. The smallest absolute Gasteiger partial charge is 0.302 e. The lowest BCUT2D eigenvalue weighted by molar-refractivity contribution is -0.137. The van der Waals surface area contributed by atoms with E-state index in [0.717, 1.165) is 29.2 Å². The van der Waals surface area contributed by atoms with Gasteiger partial charge in [0.25, 0.3) is 5.56 Å². The van der Waals surface area contributed by atoms with Crippen molar-refractivity contribution in [3.8, 4) is 23.0 Å². The minimum Gasteiger partial charge on any atom is -0.302 e. The second-order valence-electron chi connectivity index (χ2n) is 7.99. The molecule has 0 spiro atoms. The van der Waals surface area contributed by atoms with E-state index in [1.165, 1.54) is 41.2 Å². The quantitative estimate of drug-likeness (QED) is 0.355.